The van der Waals surface area contributed by atoms with Crippen molar-refractivity contribution in [3.8, 4) is 0 Å². The van der Waals surface area contributed by atoms with Crippen LogP contribution in [0.5, 0.6) is 0 Å². The van der Waals surface area contributed by atoms with Crippen LogP contribution in [0.3, 0.4) is 0 Å². The fourth-order valence-electron chi connectivity index (χ4n) is 2.12. The number of methoxy groups -OCH3 is 1. The first kappa shape index (κ1) is 14.8. The topological polar surface area (TPSA) is 68.5 Å². The first-order chi connectivity index (χ1) is 10.1. The minimum Gasteiger partial charge on any atom is -0.465 e. The lowest BCUT2D eigenvalue weighted by atomic mass is 10.1. The highest BCUT2D eigenvalue weighted by molar-refractivity contribution is 5.98. The summed E-state index contributed by atoms with van der Waals surface area (Å²) in [6.07, 6.45) is 2.58. The van der Waals surface area contributed by atoms with Crippen molar-refractivity contribution in [3.05, 3.63) is 53.9 Å². The summed E-state index contributed by atoms with van der Waals surface area (Å²) in [5, 5.41) is 0. The summed E-state index contributed by atoms with van der Waals surface area (Å²) in [6, 6.07) is 11.2. The molecule has 5 nitrogen and oxygen atoms in total. The Labute approximate surface area is 124 Å². The molecule has 2 aromatic rings. The Morgan fingerprint density at radius 3 is 2.76 bits per heavy atom. The third-order valence-electron chi connectivity index (χ3n) is 3.33. The van der Waals surface area contributed by atoms with Gasteiger partial charge in [-0.2, -0.15) is 0 Å². The molecule has 0 bridgehead atoms. The van der Waals surface area contributed by atoms with Crippen molar-refractivity contribution in [1.82, 2.24) is 4.98 Å². The Bertz CT molecular complexity index is 614. The van der Waals surface area contributed by atoms with Gasteiger partial charge < -0.3 is 15.4 Å². The number of para-hydroxylation sites is 1. The SMILES string of the molecule is COC(=O)c1cccc(N(C)CCc2ccccn2)c1N. The van der Waals surface area contributed by atoms with Crippen molar-refractivity contribution in [2.24, 2.45) is 0 Å². The van der Waals surface area contributed by atoms with Gasteiger partial charge in [-0.15, -0.1) is 0 Å². The van der Waals surface area contributed by atoms with Gasteiger partial charge >= 0.3 is 5.97 Å². The quantitative estimate of drug-likeness (QED) is 0.673. The maximum Gasteiger partial charge on any atom is 0.340 e. The second-order valence-electron chi connectivity index (χ2n) is 4.72. The van der Waals surface area contributed by atoms with E-state index >= 15 is 0 Å². The third kappa shape index (κ3) is 3.51. The van der Waals surface area contributed by atoms with Gasteiger partial charge in [-0.3, -0.25) is 4.98 Å². The number of nitrogens with zero attached hydrogens (tertiary/aromatic N) is 2. The Kier molecular flexibility index (Phi) is 4.77. The van der Waals surface area contributed by atoms with E-state index in [2.05, 4.69) is 4.98 Å². The summed E-state index contributed by atoms with van der Waals surface area (Å²) >= 11 is 0. The Hall–Kier alpha value is -2.56. The number of carbonyl (C=O) groups excluding carboxylic acids is 1. The smallest absolute Gasteiger partial charge is 0.340 e. The van der Waals surface area contributed by atoms with E-state index in [-0.39, 0.29) is 0 Å². The number of aromatic nitrogens is 1. The summed E-state index contributed by atoms with van der Waals surface area (Å²) in [5.74, 6) is -0.424. The van der Waals surface area contributed by atoms with Gasteiger partial charge in [0.05, 0.1) is 24.0 Å². The molecule has 0 spiro atoms. The van der Waals surface area contributed by atoms with E-state index in [0.29, 0.717) is 11.3 Å². The summed E-state index contributed by atoms with van der Waals surface area (Å²) in [5.41, 5.74) is 8.73. The molecular formula is C16H19N3O2. The first-order valence-corrected chi connectivity index (χ1v) is 6.71. The van der Waals surface area contributed by atoms with Crippen molar-refractivity contribution >= 4 is 17.3 Å². The average Bonchev–Trinajstić information content (AvgIpc) is 2.53. The zero-order chi connectivity index (χ0) is 15.2. The summed E-state index contributed by atoms with van der Waals surface area (Å²) < 4.78 is 4.73. The van der Waals surface area contributed by atoms with Crippen LogP contribution in [0, 0.1) is 0 Å². The predicted molar refractivity (Wildman–Crippen MR) is 83.4 cm³/mol. The maximum atomic E-state index is 11.7. The number of hydrogen-bond acceptors (Lipinski definition) is 5. The van der Waals surface area contributed by atoms with Crippen molar-refractivity contribution in [2.75, 3.05) is 31.3 Å². The van der Waals surface area contributed by atoms with E-state index in [9.17, 15) is 4.79 Å². The van der Waals surface area contributed by atoms with Gasteiger partial charge in [0.15, 0.2) is 0 Å². The minimum atomic E-state index is -0.424. The fraction of sp³-hybridized carbons (Fsp3) is 0.250. The number of likely N-dealkylation sites (N-methyl/N-ethyl adjacent to an activating group) is 1. The normalized spacial score (nSPS) is 10.2. The van der Waals surface area contributed by atoms with Gasteiger partial charge in [0, 0.05) is 31.9 Å². The molecule has 2 rings (SSSR count). The number of nitrogens with two attached hydrogens (primary N) is 1. The highest BCUT2D eigenvalue weighted by atomic mass is 16.5. The number of nitrogen functional groups attached to an aromatic ring is 1. The van der Waals surface area contributed by atoms with Crippen LogP contribution in [-0.2, 0) is 11.2 Å². The molecule has 0 fully saturated rings. The molecule has 0 aliphatic heterocycles. The second-order valence-corrected chi connectivity index (χ2v) is 4.72. The highest BCUT2D eigenvalue weighted by Gasteiger charge is 2.14. The molecular weight excluding hydrogens is 266 g/mol. The standard InChI is InChI=1S/C16H19N3O2/c1-19(11-9-12-6-3-4-10-18-12)14-8-5-7-13(15(14)17)16(20)21-2/h3-8,10H,9,11,17H2,1-2H3. The van der Waals surface area contributed by atoms with Crippen LogP contribution in [0.1, 0.15) is 16.1 Å². The Morgan fingerprint density at radius 1 is 1.29 bits per heavy atom. The first-order valence-electron chi connectivity index (χ1n) is 6.71. The number of hydrogen-bond donors (Lipinski definition) is 1. The molecule has 110 valence electrons. The zero-order valence-corrected chi connectivity index (χ0v) is 12.2. The largest absolute Gasteiger partial charge is 0.465 e. The van der Waals surface area contributed by atoms with Gasteiger partial charge in [-0.25, -0.2) is 4.79 Å². The van der Waals surface area contributed by atoms with Crippen LogP contribution < -0.4 is 10.6 Å². The molecule has 0 saturated carbocycles. The number of pyridine rings is 1. The van der Waals surface area contributed by atoms with Crippen LogP contribution in [-0.4, -0.2) is 31.7 Å². The monoisotopic (exact) mass is 285 g/mol. The molecule has 0 radical (unpaired) electrons. The zero-order valence-electron chi connectivity index (χ0n) is 12.2. The lowest BCUT2D eigenvalue weighted by molar-refractivity contribution is 0.0602. The average molecular weight is 285 g/mol. The summed E-state index contributed by atoms with van der Waals surface area (Å²) in [4.78, 5) is 18.0. The Morgan fingerprint density at radius 2 is 2.10 bits per heavy atom. The maximum absolute atomic E-state index is 11.7. The highest BCUT2D eigenvalue weighted by Crippen LogP contribution is 2.26. The summed E-state index contributed by atoms with van der Waals surface area (Å²) in [6.45, 7) is 0.756. The minimum absolute atomic E-state index is 0.389. The molecule has 2 N–H and O–H groups in total. The number of esters is 1. The molecule has 0 saturated heterocycles. The van der Waals surface area contributed by atoms with E-state index in [1.165, 1.54) is 7.11 Å². The number of carbonyl (C=O) groups is 1. The molecule has 5 heteroatoms. The molecule has 0 aliphatic carbocycles. The van der Waals surface area contributed by atoms with Crippen LogP contribution >= 0.6 is 0 Å². The lowest BCUT2D eigenvalue weighted by Gasteiger charge is -2.22. The molecule has 0 amide bonds. The predicted octanol–water partition coefficient (Wildman–Crippen LogP) is 2.13. The van der Waals surface area contributed by atoms with Crippen molar-refractivity contribution in [1.29, 1.82) is 0 Å². The van der Waals surface area contributed by atoms with Gasteiger partial charge in [-0.1, -0.05) is 12.1 Å². The van der Waals surface area contributed by atoms with Crippen LogP contribution in [0.15, 0.2) is 42.6 Å². The molecule has 0 unspecified atom stereocenters. The second kappa shape index (κ2) is 6.74. The third-order valence-corrected chi connectivity index (χ3v) is 3.33. The summed E-state index contributed by atoms with van der Waals surface area (Å²) in [7, 11) is 3.29. The van der Waals surface area contributed by atoms with E-state index < -0.39 is 5.97 Å². The van der Waals surface area contributed by atoms with E-state index in [1.807, 2.05) is 36.2 Å². The van der Waals surface area contributed by atoms with Crippen molar-refractivity contribution in [3.63, 3.8) is 0 Å². The fourth-order valence-corrected chi connectivity index (χ4v) is 2.12. The molecule has 1 aromatic carbocycles. The van der Waals surface area contributed by atoms with E-state index in [0.717, 1.165) is 24.3 Å². The Balaban J connectivity index is 2.12. The van der Waals surface area contributed by atoms with Gasteiger partial charge in [0.1, 0.15) is 0 Å². The molecule has 1 heterocycles. The van der Waals surface area contributed by atoms with Gasteiger partial charge in [0.25, 0.3) is 0 Å². The van der Waals surface area contributed by atoms with Crippen LogP contribution in [0.4, 0.5) is 11.4 Å². The molecule has 0 aliphatic rings. The van der Waals surface area contributed by atoms with Gasteiger partial charge in [-0.05, 0) is 24.3 Å². The lowest BCUT2D eigenvalue weighted by Crippen LogP contribution is -2.22. The number of rotatable bonds is 5. The van der Waals surface area contributed by atoms with E-state index in [1.54, 1.807) is 18.3 Å². The number of anilines is 2. The van der Waals surface area contributed by atoms with Crippen molar-refractivity contribution in [2.45, 2.75) is 6.42 Å². The number of benzene rings is 1. The molecule has 0 atom stereocenters. The van der Waals surface area contributed by atoms with Crippen LogP contribution in [0.2, 0.25) is 0 Å². The molecule has 21 heavy (non-hydrogen) atoms. The van der Waals surface area contributed by atoms with E-state index in [4.69, 9.17) is 10.5 Å². The van der Waals surface area contributed by atoms with Crippen LogP contribution in [0.25, 0.3) is 0 Å². The van der Waals surface area contributed by atoms with Crippen molar-refractivity contribution < 1.29 is 9.53 Å². The van der Waals surface area contributed by atoms with Gasteiger partial charge in [0.2, 0.25) is 0 Å². The number of ether oxygens (including phenoxy) is 1. The molecule has 1 aromatic heterocycles.